The Bertz CT molecular complexity index is 530. The molecule has 0 amide bonds. The molecule has 0 saturated heterocycles. The lowest BCUT2D eigenvalue weighted by atomic mass is 10.3. The highest BCUT2D eigenvalue weighted by atomic mass is 19.1. The van der Waals surface area contributed by atoms with E-state index in [4.69, 9.17) is 5.26 Å². The molecule has 4 nitrogen and oxygen atoms in total. The van der Waals surface area contributed by atoms with Gasteiger partial charge in [0.2, 0.25) is 5.95 Å². The molecule has 1 heterocycles. The predicted octanol–water partition coefficient (Wildman–Crippen LogP) is 2.23. The van der Waals surface area contributed by atoms with Gasteiger partial charge in [0.25, 0.3) is 0 Å². The highest BCUT2D eigenvalue weighted by Crippen LogP contribution is 2.13. The summed E-state index contributed by atoms with van der Waals surface area (Å²) < 4.78 is 12.9. The van der Waals surface area contributed by atoms with Crippen molar-refractivity contribution in [1.82, 2.24) is 9.97 Å². The first-order valence-electron chi connectivity index (χ1n) is 4.52. The van der Waals surface area contributed by atoms with Crippen molar-refractivity contribution in [3.63, 3.8) is 0 Å². The van der Waals surface area contributed by atoms with E-state index in [1.807, 2.05) is 6.07 Å². The molecule has 2 rings (SSSR count). The van der Waals surface area contributed by atoms with Gasteiger partial charge in [0, 0.05) is 5.69 Å². The number of nitriles is 1. The minimum atomic E-state index is -0.335. The van der Waals surface area contributed by atoms with Gasteiger partial charge in [-0.1, -0.05) is 6.07 Å². The molecule has 16 heavy (non-hydrogen) atoms. The van der Waals surface area contributed by atoms with Crippen molar-refractivity contribution in [3.8, 4) is 6.07 Å². The first kappa shape index (κ1) is 10.1. The molecule has 1 aromatic carbocycles. The molecule has 78 valence electrons. The Hall–Kier alpha value is -2.48. The van der Waals surface area contributed by atoms with Crippen molar-refractivity contribution in [3.05, 3.63) is 48.0 Å². The predicted molar refractivity (Wildman–Crippen MR) is 56.4 cm³/mol. The van der Waals surface area contributed by atoms with E-state index in [-0.39, 0.29) is 5.82 Å². The van der Waals surface area contributed by atoms with E-state index in [9.17, 15) is 4.39 Å². The van der Waals surface area contributed by atoms with E-state index in [1.165, 1.54) is 24.5 Å². The molecule has 0 aliphatic carbocycles. The van der Waals surface area contributed by atoms with Crippen LogP contribution in [-0.4, -0.2) is 9.97 Å². The van der Waals surface area contributed by atoms with Gasteiger partial charge in [-0.15, -0.1) is 0 Å². The van der Waals surface area contributed by atoms with E-state index < -0.39 is 0 Å². The molecule has 5 heteroatoms. The van der Waals surface area contributed by atoms with Crippen LogP contribution in [0.15, 0.2) is 36.7 Å². The minimum absolute atomic E-state index is 0.324. The molecule has 0 saturated carbocycles. The van der Waals surface area contributed by atoms with Crippen LogP contribution >= 0.6 is 0 Å². The third-order valence-corrected chi connectivity index (χ3v) is 1.86. The fourth-order valence-electron chi connectivity index (χ4n) is 1.15. The summed E-state index contributed by atoms with van der Waals surface area (Å²) in [5.74, 6) is -0.0109. The van der Waals surface area contributed by atoms with Crippen LogP contribution in [0.3, 0.4) is 0 Å². The molecule has 0 spiro atoms. The molecule has 2 aromatic rings. The Balaban J connectivity index is 2.18. The van der Waals surface area contributed by atoms with Gasteiger partial charge < -0.3 is 5.32 Å². The maximum atomic E-state index is 12.9. The monoisotopic (exact) mass is 214 g/mol. The topological polar surface area (TPSA) is 61.6 Å². The minimum Gasteiger partial charge on any atom is -0.324 e. The number of hydrogen-bond acceptors (Lipinski definition) is 4. The zero-order valence-corrected chi connectivity index (χ0v) is 8.18. The van der Waals surface area contributed by atoms with Gasteiger partial charge in [-0.25, -0.2) is 14.4 Å². The van der Waals surface area contributed by atoms with Gasteiger partial charge in [-0.2, -0.15) is 5.26 Å². The van der Waals surface area contributed by atoms with Crippen LogP contribution in [0.5, 0.6) is 0 Å². The van der Waals surface area contributed by atoms with E-state index >= 15 is 0 Å². The number of nitrogens with zero attached hydrogens (tertiary/aromatic N) is 3. The SMILES string of the molecule is N#Cc1cnc(Nc2cccc(F)c2)nc1. The van der Waals surface area contributed by atoms with Crippen LogP contribution in [0.1, 0.15) is 5.56 Å². The van der Waals surface area contributed by atoms with Gasteiger partial charge in [0.1, 0.15) is 11.9 Å². The molecular weight excluding hydrogens is 207 g/mol. The largest absolute Gasteiger partial charge is 0.324 e. The second kappa shape index (κ2) is 4.36. The van der Waals surface area contributed by atoms with E-state index in [0.29, 0.717) is 17.2 Å². The Morgan fingerprint density at radius 2 is 2.00 bits per heavy atom. The second-order valence-corrected chi connectivity index (χ2v) is 3.04. The molecule has 0 aliphatic heterocycles. The number of anilines is 2. The van der Waals surface area contributed by atoms with Crippen molar-refractivity contribution in [1.29, 1.82) is 5.26 Å². The summed E-state index contributed by atoms with van der Waals surface area (Å²) in [6, 6.07) is 7.88. The average molecular weight is 214 g/mol. The smallest absolute Gasteiger partial charge is 0.227 e. The lowest BCUT2D eigenvalue weighted by Crippen LogP contribution is -1.97. The Labute approximate surface area is 91.4 Å². The van der Waals surface area contributed by atoms with Crippen LogP contribution in [0.4, 0.5) is 16.0 Å². The zero-order valence-electron chi connectivity index (χ0n) is 8.18. The lowest BCUT2D eigenvalue weighted by Gasteiger charge is -2.03. The Morgan fingerprint density at radius 1 is 1.25 bits per heavy atom. The van der Waals surface area contributed by atoms with Crippen molar-refractivity contribution in [2.75, 3.05) is 5.32 Å². The van der Waals surface area contributed by atoms with Crippen molar-refractivity contribution in [2.45, 2.75) is 0 Å². The van der Waals surface area contributed by atoms with Crippen LogP contribution in [-0.2, 0) is 0 Å². The normalized spacial score (nSPS) is 9.50. The van der Waals surface area contributed by atoms with Gasteiger partial charge >= 0.3 is 0 Å². The molecule has 0 unspecified atom stereocenters. The lowest BCUT2D eigenvalue weighted by molar-refractivity contribution is 0.628. The fraction of sp³-hybridized carbons (Fsp3) is 0. The number of aromatic nitrogens is 2. The maximum absolute atomic E-state index is 12.9. The molecule has 0 radical (unpaired) electrons. The molecule has 0 atom stereocenters. The average Bonchev–Trinajstić information content (AvgIpc) is 2.30. The highest BCUT2D eigenvalue weighted by molar-refractivity contribution is 5.52. The number of halogens is 1. The van der Waals surface area contributed by atoms with Gasteiger partial charge in [-0.05, 0) is 18.2 Å². The second-order valence-electron chi connectivity index (χ2n) is 3.04. The zero-order chi connectivity index (χ0) is 11.4. The van der Waals surface area contributed by atoms with E-state index in [2.05, 4.69) is 15.3 Å². The summed E-state index contributed by atoms with van der Waals surface area (Å²) in [4.78, 5) is 7.81. The van der Waals surface area contributed by atoms with Crippen molar-refractivity contribution < 1.29 is 4.39 Å². The summed E-state index contributed by atoms with van der Waals surface area (Å²) in [5.41, 5.74) is 0.939. The Morgan fingerprint density at radius 3 is 2.62 bits per heavy atom. The van der Waals surface area contributed by atoms with Crippen LogP contribution in [0.2, 0.25) is 0 Å². The third kappa shape index (κ3) is 2.30. The summed E-state index contributed by atoms with van der Waals surface area (Å²) in [7, 11) is 0. The number of benzene rings is 1. The number of rotatable bonds is 2. The van der Waals surface area contributed by atoms with E-state index in [0.717, 1.165) is 0 Å². The van der Waals surface area contributed by atoms with Crippen LogP contribution in [0, 0.1) is 17.1 Å². The molecule has 0 fully saturated rings. The van der Waals surface area contributed by atoms with Crippen molar-refractivity contribution in [2.24, 2.45) is 0 Å². The van der Waals surface area contributed by atoms with E-state index in [1.54, 1.807) is 12.1 Å². The molecule has 1 N–H and O–H groups in total. The summed E-state index contributed by atoms with van der Waals surface area (Å²) >= 11 is 0. The molecule has 0 aliphatic rings. The number of hydrogen-bond donors (Lipinski definition) is 1. The quantitative estimate of drug-likeness (QED) is 0.832. The third-order valence-electron chi connectivity index (χ3n) is 1.86. The first-order chi connectivity index (χ1) is 7.78. The fourth-order valence-corrected chi connectivity index (χ4v) is 1.15. The Kier molecular flexibility index (Phi) is 2.74. The first-order valence-corrected chi connectivity index (χ1v) is 4.52. The van der Waals surface area contributed by atoms with Gasteiger partial charge in [0.15, 0.2) is 0 Å². The standard InChI is InChI=1S/C11H7FN4/c12-9-2-1-3-10(4-9)16-11-14-6-8(5-13)7-15-11/h1-4,6-7H,(H,14,15,16). The molecule has 1 aromatic heterocycles. The summed E-state index contributed by atoms with van der Waals surface area (Å²) in [5, 5.41) is 11.4. The summed E-state index contributed by atoms with van der Waals surface area (Å²) in [6.45, 7) is 0. The summed E-state index contributed by atoms with van der Waals surface area (Å²) in [6.07, 6.45) is 2.79. The van der Waals surface area contributed by atoms with Crippen LogP contribution in [0.25, 0.3) is 0 Å². The molecular formula is C11H7FN4. The van der Waals surface area contributed by atoms with Gasteiger partial charge in [0.05, 0.1) is 18.0 Å². The van der Waals surface area contributed by atoms with Crippen molar-refractivity contribution >= 4 is 11.6 Å². The van der Waals surface area contributed by atoms with Crippen LogP contribution < -0.4 is 5.32 Å². The highest BCUT2D eigenvalue weighted by Gasteiger charge is 1.99. The number of nitrogens with one attached hydrogen (secondary N) is 1. The van der Waals surface area contributed by atoms with Gasteiger partial charge in [-0.3, -0.25) is 0 Å². The maximum Gasteiger partial charge on any atom is 0.227 e. The molecule has 0 bridgehead atoms.